The number of ether oxygens (including phenoxy) is 3. The normalized spacial score (nSPS) is 12.3. The van der Waals surface area contributed by atoms with Crippen LogP contribution in [-0.4, -0.2) is 37.2 Å². The Labute approximate surface area is 457 Å². The number of unbranched alkanes of at least 4 members (excludes halogenated alkanes) is 48. The van der Waals surface area contributed by atoms with Crippen LogP contribution in [0.25, 0.3) is 0 Å². The molecule has 0 saturated carbocycles. The maximum atomic E-state index is 12.9. The van der Waals surface area contributed by atoms with Gasteiger partial charge in [-0.15, -0.1) is 0 Å². The van der Waals surface area contributed by atoms with E-state index in [0.717, 1.165) is 63.7 Å². The summed E-state index contributed by atoms with van der Waals surface area (Å²) in [6.45, 7) is 9.13. The predicted molar refractivity (Wildman–Crippen MR) is 317 cm³/mol. The van der Waals surface area contributed by atoms with Gasteiger partial charge in [0.25, 0.3) is 0 Å². The predicted octanol–water partition coefficient (Wildman–Crippen LogP) is 22.5. The molecule has 0 aliphatic rings. The molecule has 0 bridgehead atoms. The standard InChI is InChI=1S/C67H130O6/c1-5-8-10-12-14-16-18-20-22-24-26-28-30-35-39-43-47-51-55-59-66(69)72-62-64(73-67(70)60-56-52-48-44-40-36-32-31-33-37-41-45-49-53-57-63(4)7-3)61-71-65(68)58-54-50-46-42-38-34-29-27-25-23-21-19-17-15-13-11-9-6-2/h63-64H,5-62H2,1-4H3/t63?,64-/m1/s1. The van der Waals surface area contributed by atoms with Crippen LogP contribution in [0.15, 0.2) is 0 Å². The van der Waals surface area contributed by atoms with Gasteiger partial charge >= 0.3 is 17.9 Å². The summed E-state index contributed by atoms with van der Waals surface area (Å²) in [5.74, 6) is 0.0700. The van der Waals surface area contributed by atoms with Crippen molar-refractivity contribution in [1.29, 1.82) is 0 Å². The highest BCUT2D eigenvalue weighted by molar-refractivity contribution is 5.71. The van der Waals surface area contributed by atoms with E-state index in [1.807, 2.05) is 0 Å². The molecule has 434 valence electrons. The highest BCUT2D eigenvalue weighted by Crippen LogP contribution is 2.19. The SMILES string of the molecule is CCCCCCCCCCCCCCCCCCCCCC(=O)OC[C@@H](COC(=O)CCCCCCCCCCCCCCCCCCCC)OC(=O)CCCCCCCCCCCCCCCCC(C)CC. The van der Waals surface area contributed by atoms with Crippen molar-refractivity contribution in [2.75, 3.05) is 13.2 Å². The minimum absolute atomic E-state index is 0.0610. The molecule has 2 atom stereocenters. The van der Waals surface area contributed by atoms with Crippen molar-refractivity contribution in [3.8, 4) is 0 Å². The highest BCUT2D eigenvalue weighted by Gasteiger charge is 2.19. The van der Waals surface area contributed by atoms with Crippen LogP contribution >= 0.6 is 0 Å². The molecule has 0 saturated heterocycles. The van der Waals surface area contributed by atoms with Gasteiger partial charge in [-0.05, 0) is 25.2 Å². The number of hydrogen-bond donors (Lipinski definition) is 0. The van der Waals surface area contributed by atoms with Crippen LogP contribution in [0.3, 0.4) is 0 Å². The Bertz CT molecular complexity index is 1110. The summed E-state index contributed by atoms with van der Waals surface area (Å²) >= 11 is 0. The van der Waals surface area contributed by atoms with Crippen molar-refractivity contribution in [2.24, 2.45) is 5.92 Å². The largest absolute Gasteiger partial charge is 0.462 e. The fraction of sp³-hybridized carbons (Fsp3) is 0.955. The second-order valence-electron chi connectivity index (χ2n) is 23.4. The van der Waals surface area contributed by atoms with Crippen molar-refractivity contribution < 1.29 is 28.6 Å². The van der Waals surface area contributed by atoms with Crippen LogP contribution in [0.2, 0.25) is 0 Å². The number of rotatable bonds is 62. The Kier molecular flexibility index (Phi) is 59.9. The summed E-state index contributed by atoms with van der Waals surface area (Å²) < 4.78 is 17.0. The molecule has 0 spiro atoms. The van der Waals surface area contributed by atoms with Gasteiger partial charge in [-0.1, -0.05) is 349 Å². The van der Waals surface area contributed by atoms with E-state index in [9.17, 15) is 14.4 Å². The van der Waals surface area contributed by atoms with Gasteiger partial charge in [0.05, 0.1) is 0 Å². The monoisotopic (exact) mass is 1030 g/mol. The quantitative estimate of drug-likeness (QED) is 0.0343. The third kappa shape index (κ3) is 59.5. The van der Waals surface area contributed by atoms with Crippen LogP contribution in [0, 0.1) is 5.92 Å². The Balaban J connectivity index is 4.28. The molecule has 0 aliphatic heterocycles. The first-order chi connectivity index (χ1) is 35.9. The Morgan fingerprint density at radius 3 is 0.712 bits per heavy atom. The molecule has 73 heavy (non-hydrogen) atoms. The highest BCUT2D eigenvalue weighted by atomic mass is 16.6. The average Bonchev–Trinajstić information content (AvgIpc) is 3.39. The fourth-order valence-corrected chi connectivity index (χ4v) is 10.5. The maximum Gasteiger partial charge on any atom is 0.306 e. The lowest BCUT2D eigenvalue weighted by Crippen LogP contribution is -2.30. The van der Waals surface area contributed by atoms with E-state index in [1.165, 1.54) is 283 Å². The molecule has 0 aliphatic carbocycles. The molecule has 0 fully saturated rings. The summed E-state index contributed by atoms with van der Waals surface area (Å²) in [7, 11) is 0. The van der Waals surface area contributed by atoms with Gasteiger partial charge in [-0.25, -0.2) is 0 Å². The topological polar surface area (TPSA) is 78.9 Å². The van der Waals surface area contributed by atoms with Gasteiger partial charge in [0.2, 0.25) is 0 Å². The molecule has 0 aromatic carbocycles. The Morgan fingerprint density at radius 1 is 0.274 bits per heavy atom. The number of esters is 3. The van der Waals surface area contributed by atoms with Crippen molar-refractivity contribution in [2.45, 2.75) is 393 Å². The molecule has 0 heterocycles. The molecule has 6 heteroatoms. The van der Waals surface area contributed by atoms with E-state index in [0.29, 0.717) is 19.3 Å². The molecular formula is C67H130O6. The lowest BCUT2D eigenvalue weighted by molar-refractivity contribution is -0.167. The van der Waals surface area contributed by atoms with E-state index >= 15 is 0 Å². The van der Waals surface area contributed by atoms with Crippen molar-refractivity contribution >= 4 is 17.9 Å². The first kappa shape index (κ1) is 71.4. The van der Waals surface area contributed by atoms with Crippen molar-refractivity contribution in [3.05, 3.63) is 0 Å². The average molecular weight is 1030 g/mol. The second kappa shape index (κ2) is 61.3. The molecular weight excluding hydrogens is 901 g/mol. The molecule has 6 nitrogen and oxygen atoms in total. The second-order valence-corrected chi connectivity index (χ2v) is 23.4. The molecule has 0 aromatic heterocycles. The smallest absolute Gasteiger partial charge is 0.306 e. The van der Waals surface area contributed by atoms with Crippen LogP contribution in [0.5, 0.6) is 0 Å². The minimum Gasteiger partial charge on any atom is -0.462 e. The Morgan fingerprint density at radius 2 is 0.479 bits per heavy atom. The summed E-state index contributed by atoms with van der Waals surface area (Å²) in [6, 6.07) is 0. The first-order valence-corrected chi connectivity index (χ1v) is 33.4. The van der Waals surface area contributed by atoms with Gasteiger partial charge < -0.3 is 14.2 Å². The zero-order valence-corrected chi connectivity index (χ0v) is 50.1. The number of carbonyl (C=O) groups is 3. The Hall–Kier alpha value is -1.59. The zero-order chi connectivity index (χ0) is 53.0. The number of carbonyl (C=O) groups excluding carboxylic acids is 3. The molecule has 0 radical (unpaired) electrons. The van der Waals surface area contributed by atoms with Gasteiger partial charge in [0.15, 0.2) is 6.10 Å². The van der Waals surface area contributed by atoms with Gasteiger partial charge in [-0.3, -0.25) is 14.4 Å². The third-order valence-electron chi connectivity index (χ3n) is 15.9. The van der Waals surface area contributed by atoms with E-state index in [-0.39, 0.29) is 31.1 Å². The summed E-state index contributed by atoms with van der Waals surface area (Å²) in [5.41, 5.74) is 0. The fourth-order valence-electron chi connectivity index (χ4n) is 10.5. The molecule has 0 rings (SSSR count). The van der Waals surface area contributed by atoms with Crippen LogP contribution < -0.4 is 0 Å². The van der Waals surface area contributed by atoms with Crippen LogP contribution in [0.4, 0.5) is 0 Å². The van der Waals surface area contributed by atoms with Crippen LogP contribution in [0.1, 0.15) is 387 Å². The van der Waals surface area contributed by atoms with Gasteiger partial charge in [-0.2, -0.15) is 0 Å². The molecule has 1 unspecified atom stereocenters. The number of hydrogen-bond acceptors (Lipinski definition) is 6. The zero-order valence-electron chi connectivity index (χ0n) is 50.1. The van der Waals surface area contributed by atoms with E-state index in [2.05, 4.69) is 27.7 Å². The first-order valence-electron chi connectivity index (χ1n) is 33.4. The minimum atomic E-state index is -0.763. The lowest BCUT2D eigenvalue weighted by atomic mass is 9.99. The van der Waals surface area contributed by atoms with Gasteiger partial charge in [0.1, 0.15) is 13.2 Å². The maximum absolute atomic E-state index is 12.9. The molecule has 0 amide bonds. The summed E-state index contributed by atoms with van der Waals surface area (Å²) in [4.78, 5) is 38.4. The van der Waals surface area contributed by atoms with E-state index in [4.69, 9.17) is 14.2 Å². The summed E-state index contributed by atoms with van der Waals surface area (Å²) in [5, 5.41) is 0. The van der Waals surface area contributed by atoms with E-state index < -0.39 is 6.10 Å². The third-order valence-corrected chi connectivity index (χ3v) is 15.9. The van der Waals surface area contributed by atoms with Crippen molar-refractivity contribution in [3.63, 3.8) is 0 Å². The van der Waals surface area contributed by atoms with Gasteiger partial charge in [0, 0.05) is 19.3 Å². The summed E-state index contributed by atoms with van der Waals surface area (Å²) in [6.07, 6.45) is 69.6. The molecule has 0 aromatic rings. The lowest BCUT2D eigenvalue weighted by Gasteiger charge is -2.18. The van der Waals surface area contributed by atoms with Crippen molar-refractivity contribution in [1.82, 2.24) is 0 Å². The molecule has 0 N–H and O–H groups in total. The van der Waals surface area contributed by atoms with E-state index in [1.54, 1.807) is 0 Å². The van der Waals surface area contributed by atoms with Crippen LogP contribution in [-0.2, 0) is 28.6 Å².